The zero-order chi connectivity index (χ0) is 38.4. The first-order valence-corrected chi connectivity index (χ1v) is 20.7. The predicted octanol–water partition coefficient (Wildman–Crippen LogP) is 16.5. The Labute approximate surface area is 342 Å². The molecule has 272 valence electrons. The van der Waals surface area contributed by atoms with Crippen molar-refractivity contribution in [2.75, 3.05) is 4.90 Å². The fourth-order valence-electron chi connectivity index (χ4n) is 8.80. The molecule has 0 amide bonds. The van der Waals surface area contributed by atoms with Gasteiger partial charge in [-0.2, -0.15) is 0 Å². The summed E-state index contributed by atoms with van der Waals surface area (Å²) < 4.78 is 2.56. The predicted molar refractivity (Wildman–Crippen MR) is 251 cm³/mol. The summed E-state index contributed by atoms with van der Waals surface area (Å²) in [6, 6.07) is 82.0. The van der Waals surface area contributed by atoms with Gasteiger partial charge >= 0.3 is 0 Å². The normalized spacial score (nSPS) is 11.4. The number of fused-ring (bicyclic) bond motifs is 6. The van der Waals surface area contributed by atoms with Crippen molar-refractivity contribution in [3.8, 4) is 44.5 Å². The number of hydrogen-bond acceptors (Lipinski definition) is 2. The Morgan fingerprint density at radius 2 is 0.828 bits per heavy atom. The van der Waals surface area contributed by atoms with Gasteiger partial charge in [0, 0.05) is 32.1 Å². The topological polar surface area (TPSA) is 3.24 Å². The molecule has 0 aliphatic rings. The summed E-state index contributed by atoms with van der Waals surface area (Å²) in [5, 5.41) is 7.50. The molecular formula is C56H37NS. The van der Waals surface area contributed by atoms with Crippen LogP contribution in [-0.2, 0) is 0 Å². The van der Waals surface area contributed by atoms with Crippen molar-refractivity contribution in [2.45, 2.75) is 0 Å². The van der Waals surface area contributed by atoms with E-state index in [0.29, 0.717) is 0 Å². The number of hydrogen-bond donors (Lipinski definition) is 0. The highest BCUT2D eigenvalue weighted by atomic mass is 32.1. The third kappa shape index (κ3) is 5.77. The quantitative estimate of drug-likeness (QED) is 0.146. The van der Waals surface area contributed by atoms with Crippen molar-refractivity contribution in [1.29, 1.82) is 0 Å². The van der Waals surface area contributed by atoms with E-state index in [-0.39, 0.29) is 0 Å². The van der Waals surface area contributed by atoms with Crippen LogP contribution in [0.3, 0.4) is 0 Å². The molecule has 0 atom stereocenters. The van der Waals surface area contributed by atoms with E-state index in [4.69, 9.17) is 0 Å². The van der Waals surface area contributed by atoms with Gasteiger partial charge in [0.05, 0.1) is 16.1 Å². The molecule has 0 fully saturated rings. The molecule has 0 spiro atoms. The van der Waals surface area contributed by atoms with Crippen molar-refractivity contribution >= 4 is 70.1 Å². The van der Waals surface area contributed by atoms with Gasteiger partial charge in [-0.25, -0.2) is 0 Å². The summed E-state index contributed by atoms with van der Waals surface area (Å²) in [5.41, 5.74) is 13.1. The maximum atomic E-state index is 2.54. The van der Waals surface area contributed by atoms with Crippen molar-refractivity contribution in [1.82, 2.24) is 0 Å². The van der Waals surface area contributed by atoms with Crippen LogP contribution in [0, 0.1) is 0 Å². The molecular weight excluding hydrogens is 719 g/mol. The molecule has 0 aliphatic heterocycles. The highest BCUT2D eigenvalue weighted by Gasteiger charge is 2.25. The third-order valence-electron chi connectivity index (χ3n) is 11.5. The summed E-state index contributed by atoms with van der Waals surface area (Å²) in [7, 11) is 0. The molecule has 0 N–H and O–H groups in total. The molecule has 0 unspecified atom stereocenters. The van der Waals surface area contributed by atoms with E-state index in [0.717, 1.165) is 5.69 Å². The summed E-state index contributed by atoms with van der Waals surface area (Å²) >= 11 is 1.87. The van der Waals surface area contributed by atoms with Gasteiger partial charge < -0.3 is 4.90 Å². The number of nitrogens with zero attached hydrogens (tertiary/aromatic N) is 1. The average Bonchev–Trinajstić information content (AvgIpc) is 3.69. The first-order chi connectivity index (χ1) is 28.8. The van der Waals surface area contributed by atoms with E-state index in [1.165, 1.54) is 97.6 Å². The van der Waals surface area contributed by atoms with Crippen LogP contribution in [0.2, 0.25) is 0 Å². The lowest BCUT2D eigenvalue weighted by atomic mass is 9.89. The highest BCUT2D eigenvalue weighted by molar-refractivity contribution is 7.26. The molecule has 1 nitrogen and oxygen atoms in total. The lowest BCUT2D eigenvalue weighted by Crippen LogP contribution is -2.12. The van der Waals surface area contributed by atoms with E-state index < -0.39 is 0 Å². The smallest absolute Gasteiger partial charge is 0.0640 e. The lowest BCUT2D eigenvalue weighted by Gasteiger charge is -2.31. The van der Waals surface area contributed by atoms with Gasteiger partial charge in [0.25, 0.3) is 0 Å². The van der Waals surface area contributed by atoms with Gasteiger partial charge in [-0.05, 0) is 85.4 Å². The minimum Gasteiger partial charge on any atom is -0.308 e. The number of anilines is 3. The molecule has 58 heavy (non-hydrogen) atoms. The van der Waals surface area contributed by atoms with Crippen LogP contribution in [0.4, 0.5) is 17.1 Å². The van der Waals surface area contributed by atoms with E-state index in [2.05, 4.69) is 229 Å². The van der Waals surface area contributed by atoms with Gasteiger partial charge in [-0.15, -0.1) is 11.3 Å². The minimum atomic E-state index is 1.10. The van der Waals surface area contributed by atoms with Gasteiger partial charge in [-0.3, -0.25) is 0 Å². The maximum Gasteiger partial charge on any atom is 0.0640 e. The Hall–Kier alpha value is -7.26. The van der Waals surface area contributed by atoms with Gasteiger partial charge in [-0.1, -0.05) is 194 Å². The highest BCUT2D eigenvalue weighted by Crippen LogP contribution is 2.52. The zero-order valence-electron chi connectivity index (χ0n) is 31.7. The molecule has 1 aromatic heterocycles. The Morgan fingerprint density at radius 3 is 1.53 bits per heavy atom. The summed E-state index contributed by atoms with van der Waals surface area (Å²) in [6.07, 6.45) is 0. The van der Waals surface area contributed by atoms with E-state index in [9.17, 15) is 0 Å². The van der Waals surface area contributed by atoms with Crippen LogP contribution in [0.25, 0.3) is 86.2 Å². The number of rotatable bonds is 7. The van der Waals surface area contributed by atoms with E-state index >= 15 is 0 Å². The van der Waals surface area contributed by atoms with Gasteiger partial charge in [0.2, 0.25) is 0 Å². The monoisotopic (exact) mass is 755 g/mol. The maximum absolute atomic E-state index is 2.54. The Kier molecular flexibility index (Phi) is 8.42. The van der Waals surface area contributed by atoms with Crippen LogP contribution >= 0.6 is 11.3 Å². The first-order valence-electron chi connectivity index (χ1n) is 19.8. The molecule has 0 aliphatic carbocycles. The second-order valence-corrected chi connectivity index (χ2v) is 15.9. The van der Waals surface area contributed by atoms with Gasteiger partial charge in [0.15, 0.2) is 0 Å². The molecule has 0 saturated heterocycles. The van der Waals surface area contributed by atoms with Crippen LogP contribution < -0.4 is 4.90 Å². The largest absolute Gasteiger partial charge is 0.308 e. The molecule has 0 radical (unpaired) electrons. The second kappa shape index (κ2) is 14.4. The Balaban J connectivity index is 1.20. The molecule has 10 aromatic carbocycles. The fourth-order valence-corrected chi connectivity index (χ4v) is 10.0. The Bertz CT molecular complexity index is 3260. The van der Waals surface area contributed by atoms with Crippen molar-refractivity contribution < 1.29 is 0 Å². The van der Waals surface area contributed by atoms with Crippen LogP contribution in [0.1, 0.15) is 0 Å². The SMILES string of the molecule is c1ccc(-c2ccc(-c3ccccc3)c(-c3ccc(N(c4c(-c5ccccc5)c5ccccc5c5ccccc45)c4cccc5c4sc4ccccc45)cc3)c2)cc1. The lowest BCUT2D eigenvalue weighted by molar-refractivity contribution is 1.32. The first kappa shape index (κ1) is 34.0. The molecule has 0 saturated carbocycles. The molecule has 0 bridgehead atoms. The minimum absolute atomic E-state index is 1.10. The van der Waals surface area contributed by atoms with Crippen molar-refractivity contribution in [3.05, 3.63) is 224 Å². The van der Waals surface area contributed by atoms with Gasteiger partial charge in [0.1, 0.15) is 0 Å². The summed E-state index contributed by atoms with van der Waals surface area (Å²) in [5.74, 6) is 0. The molecule has 2 heteroatoms. The van der Waals surface area contributed by atoms with E-state index in [1.807, 2.05) is 11.3 Å². The van der Waals surface area contributed by atoms with Crippen LogP contribution in [-0.4, -0.2) is 0 Å². The Morgan fingerprint density at radius 1 is 0.310 bits per heavy atom. The average molecular weight is 756 g/mol. The zero-order valence-corrected chi connectivity index (χ0v) is 32.5. The molecule has 11 rings (SSSR count). The molecule has 11 aromatic rings. The van der Waals surface area contributed by atoms with E-state index in [1.54, 1.807) is 0 Å². The standard InChI is InChI=1S/C56H37NS/c1-4-17-38(18-5-1)42-33-36-44(39-19-6-2-7-20-39)51(37-42)40-31-34-43(35-32-40)57(52-29-16-28-50-47-25-14-15-30-53(47)58-56(50)52)55-49-27-13-11-24-46(49)45-23-10-12-26-48(45)54(55)41-21-8-3-9-22-41/h1-37H. The van der Waals surface area contributed by atoms with Crippen molar-refractivity contribution in [2.24, 2.45) is 0 Å². The van der Waals surface area contributed by atoms with Crippen molar-refractivity contribution in [3.63, 3.8) is 0 Å². The molecule has 1 heterocycles. The fraction of sp³-hybridized carbons (Fsp3) is 0. The second-order valence-electron chi connectivity index (χ2n) is 14.8. The number of thiophene rings is 1. The number of benzene rings is 10. The van der Waals surface area contributed by atoms with Crippen LogP contribution in [0.5, 0.6) is 0 Å². The summed E-state index contributed by atoms with van der Waals surface area (Å²) in [6.45, 7) is 0. The summed E-state index contributed by atoms with van der Waals surface area (Å²) in [4.78, 5) is 2.54. The third-order valence-corrected chi connectivity index (χ3v) is 12.7. The van der Waals surface area contributed by atoms with Crippen LogP contribution in [0.15, 0.2) is 224 Å².